The van der Waals surface area contributed by atoms with E-state index >= 15 is 0 Å². The van der Waals surface area contributed by atoms with Gasteiger partial charge >= 0.3 is 11.9 Å². The van der Waals surface area contributed by atoms with Crippen LogP contribution in [0.5, 0.6) is 0 Å². The molecular weight excluding hydrogens is 582 g/mol. The van der Waals surface area contributed by atoms with Gasteiger partial charge < -0.3 is 28.6 Å². The Hall–Kier alpha value is -1.93. The second-order valence-electron chi connectivity index (χ2n) is 13.8. The summed E-state index contributed by atoms with van der Waals surface area (Å²) in [4.78, 5) is 36.5. The number of carboxylic acid groups (broad SMARTS) is 1. The first-order valence-electron chi connectivity index (χ1n) is 18.7. The van der Waals surface area contributed by atoms with Crippen molar-refractivity contribution < 1.29 is 38.2 Å². The van der Waals surface area contributed by atoms with Crippen molar-refractivity contribution >= 4 is 17.9 Å². The summed E-state index contributed by atoms with van der Waals surface area (Å²) in [6.45, 7) is 4.60. The van der Waals surface area contributed by atoms with Crippen molar-refractivity contribution in [2.45, 2.75) is 174 Å². The Morgan fingerprint density at radius 3 is 1.61 bits per heavy atom. The van der Waals surface area contributed by atoms with Gasteiger partial charge in [0.05, 0.1) is 40.3 Å². The van der Waals surface area contributed by atoms with Crippen LogP contribution in [-0.2, 0) is 28.6 Å². The first-order valence-corrected chi connectivity index (χ1v) is 18.7. The van der Waals surface area contributed by atoms with E-state index in [0.29, 0.717) is 12.8 Å². The average Bonchev–Trinajstić information content (AvgIpc) is 3.00. The minimum absolute atomic E-state index is 0.0418. The zero-order valence-corrected chi connectivity index (χ0v) is 30.5. The van der Waals surface area contributed by atoms with Crippen LogP contribution in [-0.4, -0.2) is 75.5 Å². The smallest absolute Gasteiger partial charge is 0.306 e. The number of ether oxygens (including phenoxy) is 3. The molecule has 8 heteroatoms. The highest BCUT2D eigenvalue weighted by atomic mass is 16.6. The molecule has 46 heavy (non-hydrogen) atoms. The van der Waals surface area contributed by atoms with Crippen LogP contribution < -0.4 is 5.11 Å². The fourth-order valence-corrected chi connectivity index (χ4v) is 5.42. The maximum absolute atomic E-state index is 12.6. The second kappa shape index (κ2) is 30.4. The topological polar surface area (TPSA) is 102 Å². The van der Waals surface area contributed by atoms with E-state index in [4.69, 9.17) is 14.2 Å². The van der Waals surface area contributed by atoms with Crippen LogP contribution in [0, 0.1) is 0 Å². The number of hydrogen-bond donors (Lipinski definition) is 0. The number of allylic oxidation sites excluding steroid dienone is 2. The van der Waals surface area contributed by atoms with E-state index in [-0.39, 0.29) is 42.7 Å². The van der Waals surface area contributed by atoms with Crippen LogP contribution in [0.3, 0.4) is 0 Å². The SMILES string of the molecule is CCCCC/C=C/CCCCCCCC(=O)OC(COCCC(C(=O)[O-])[N+](C)(C)C)COC(=O)CCCCCCCCCCCC. The highest BCUT2D eigenvalue weighted by molar-refractivity contribution is 5.70. The molecule has 0 saturated carbocycles. The number of unbranched alkanes of at least 4 members (excludes halogenated alkanes) is 17. The molecule has 0 heterocycles. The highest BCUT2D eigenvalue weighted by Gasteiger charge is 2.25. The van der Waals surface area contributed by atoms with Crippen molar-refractivity contribution in [1.82, 2.24) is 0 Å². The zero-order chi connectivity index (χ0) is 34.3. The molecule has 2 unspecified atom stereocenters. The molecule has 0 rings (SSSR count). The number of rotatable bonds is 33. The van der Waals surface area contributed by atoms with Crippen molar-refractivity contribution in [2.75, 3.05) is 41.0 Å². The van der Waals surface area contributed by atoms with Crippen molar-refractivity contribution in [3.05, 3.63) is 12.2 Å². The number of carbonyl (C=O) groups is 3. The van der Waals surface area contributed by atoms with Gasteiger partial charge in [-0.05, 0) is 38.5 Å². The number of carbonyl (C=O) groups excluding carboxylic acids is 3. The van der Waals surface area contributed by atoms with E-state index < -0.39 is 18.1 Å². The summed E-state index contributed by atoms with van der Waals surface area (Å²) in [5, 5.41) is 11.6. The van der Waals surface area contributed by atoms with Crippen molar-refractivity contribution in [1.29, 1.82) is 0 Å². The molecule has 0 amide bonds. The maximum atomic E-state index is 12.6. The predicted molar refractivity (Wildman–Crippen MR) is 185 cm³/mol. The summed E-state index contributed by atoms with van der Waals surface area (Å²) in [6.07, 6.45) is 28.0. The summed E-state index contributed by atoms with van der Waals surface area (Å²) in [5.74, 6) is -1.74. The van der Waals surface area contributed by atoms with Crippen molar-refractivity contribution in [3.8, 4) is 0 Å². The quantitative estimate of drug-likeness (QED) is 0.0308. The average molecular weight is 654 g/mol. The Bertz CT molecular complexity index is 778. The normalized spacial score (nSPS) is 13.2. The fourth-order valence-electron chi connectivity index (χ4n) is 5.42. The molecule has 0 N–H and O–H groups in total. The molecular formula is C38H71NO7. The number of aliphatic carboxylic acids is 1. The molecule has 2 atom stereocenters. The van der Waals surface area contributed by atoms with Gasteiger partial charge in [-0.1, -0.05) is 116 Å². The minimum atomic E-state index is -1.13. The molecule has 0 aliphatic carbocycles. The van der Waals surface area contributed by atoms with E-state index in [0.717, 1.165) is 51.4 Å². The Labute approximate surface area is 282 Å². The van der Waals surface area contributed by atoms with Gasteiger partial charge in [0.25, 0.3) is 0 Å². The van der Waals surface area contributed by atoms with Crippen LogP contribution in [0.25, 0.3) is 0 Å². The zero-order valence-electron chi connectivity index (χ0n) is 30.5. The third-order valence-electron chi connectivity index (χ3n) is 8.40. The Balaban J connectivity index is 4.45. The number of hydrogen-bond acceptors (Lipinski definition) is 7. The second-order valence-corrected chi connectivity index (χ2v) is 13.8. The van der Waals surface area contributed by atoms with Gasteiger partial charge in [0.1, 0.15) is 12.6 Å². The molecule has 0 aliphatic heterocycles. The van der Waals surface area contributed by atoms with E-state index in [1.54, 1.807) is 21.1 Å². The van der Waals surface area contributed by atoms with Crippen LogP contribution >= 0.6 is 0 Å². The lowest BCUT2D eigenvalue weighted by molar-refractivity contribution is -0.889. The van der Waals surface area contributed by atoms with Gasteiger partial charge in [-0.2, -0.15) is 0 Å². The van der Waals surface area contributed by atoms with E-state index in [1.165, 1.54) is 77.0 Å². The molecule has 0 aromatic heterocycles. The molecule has 0 radical (unpaired) electrons. The predicted octanol–water partition coefficient (Wildman–Crippen LogP) is 7.85. The molecule has 0 aromatic rings. The Morgan fingerprint density at radius 1 is 0.630 bits per heavy atom. The van der Waals surface area contributed by atoms with Crippen LogP contribution in [0.4, 0.5) is 0 Å². The lowest BCUT2D eigenvalue weighted by Gasteiger charge is -2.34. The van der Waals surface area contributed by atoms with E-state index in [1.807, 2.05) is 0 Å². The monoisotopic (exact) mass is 654 g/mol. The summed E-state index contributed by atoms with van der Waals surface area (Å²) in [6, 6.07) is -0.721. The number of nitrogens with zero attached hydrogens (tertiary/aromatic N) is 1. The molecule has 0 spiro atoms. The molecule has 270 valence electrons. The van der Waals surface area contributed by atoms with Gasteiger partial charge in [-0.25, -0.2) is 0 Å². The van der Waals surface area contributed by atoms with Gasteiger partial charge in [-0.15, -0.1) is 0 Å². The molecule has 0 bridgehead atoms. The Kier molecular flexibility index (Phi) is 29.1. The standard InChI is InChI=1S/C38H71NO7/c1-6-8-10-12-14-16-18-19-21-23-25-27-29-37(41)46-34(32-44-31-30-35(38(42)43)39(3,4)5)33-45-36(40)28-26-24-22-20-17-15-13-11-9-7-2/h14,16,34-35H,6-13,15,17-33H2,1-5H3/b16-14+. The van der Waals surface area contributed by atoms with Crippen molar-refractivity contribution in [2.24, 2.45) is 0 Å². The summed E-state index contributed by atoms with van der Waals surface area (Å²) >= 11 is 0. The van der Waals surface area contributed by atoms with Gasteiger partial charge in [0.2, 0.25) is 0 Å². The maximum Gasteiger partial charge on any atom is 0.306 e. The first kappa shape index (κ1) is 44.1. The van der Waals surface area contributed by atoms with Crippen molar-refractivity contribution in [3.63, 3.8) is 0 Å². The number of quaternary nitrogens is 1. The van der Waals surface area contributed by atoms with Gasteiger partial charge in [0.15, 0.2) is 6.10 Å². The minimum Gasteiger partial charge on any atom is -0.544 e. The van der Waals surface area contributed by atoms with Crippen LogP contribution in [0.1, 0.15) is 162 Å². The molecule has 0 aromatic carbocycles. The van der Waals surface area contributed by atoms with Gasteiger partial charge in [0, 0.05) is 19.3 Å². The Morgan fingerprint density at radius 2 is 1.09 bits per heavy atom. The summed E-state index contributed by atoms with van der Waals surface area (Å²) in [7, 11) is 5.39. The highest BCUT2D eigenvalue weighted by Crippen LogP contribution is 2.13. The fraction of sp³-hybridized carbons (Fsp3) is 0.868. The first-order chi connectivity index (χ1) is 22.1. The molecule has 8 nitrogen and oxygen atoms in total. The lowest BCUT2D eigenvalue weighted by atomic mass is 10.1. The summed E-state index contributed by atoms with van der Waals surface area (Å²) < 4.78 is 17.0. The largest absolute Gasteiger partial charge is 0.544 e. The molecule has 0 fully saturated rings. The lowest BCUT2D eigenvalue weighted by Crippen LogP contribution is -2.55. The van der Waals surface area contributed by atoms with E-state index in [9.17, 15) is 19.5 Å². The molecule has 0 aliphatic rings. The van der Waals surface area contributed by atoms with E-state index in [2.05, 4.69) is 26.0 Å². The summed E-state index contributed by atoms with van der Waals surface area (Å²) in [5.41, 5.74) is 0. The number of likely N-dealkylation sites (N-methyl/N-ethyl adjacent to an activating group) is 1. The number of esters is 2. The van der Waals surface area contributed by atoms with Crippen LogP contribution in [0.15, 0.2) is 12.2 Å². The third kappa shape index (κ3) is 28.3. The van der Waals surface area contributed by atoms with Gasteiger partial charge in [-0.3, -0.25) is 9.59 Å². The molecule has 0 saturated heterocycles. The number of carboxylic acids is 1. The third-order valence-corrected chi connectivity index (χ3v) is 8.40. The van der Waals surface area contributed by atoms with Crippen LogP contribution in [0.2, 0.25) is 0 Å².